The highest BCUT2D eigenvalue weighted by atomic mass is 16.3. The van der Waals surface area contributed by atoms with Gasteiger partial charge in [0.05, 0.1) is 11.9 Å². The molecule has 5 rings (SSSR count). The predicted molar refractivity (Wildman–Crippen MR) is 112 cm³/mol. The molecule has 2 atom stereocenters. The smallest absolute Gasteiger partial charge is 0.290 e. The maximum atomic E-state index is 13.2. The monoisotopic (exact) mass is 415 g/mol. The summed E-state index contributed by atoms with van der Waals surface area (Å²) in [6.45, 7) is 4.16. The third kappa shape index (κ3) is 4.62. The molecule has 162 valence electrons. The van der Waals surface area contributed by atoms with Crippen molar-refractivity contribution in [1.82, 2.24) is 25.3 Å². The summed E-state index contributed by atoms with van der Waals surface area (Å²) >= 11 is 0. The van der Waals surface area contributed by atoms with E-state index in [1.54, 1.807) is 0 Å². The average Bonchev–Trinajstić information content (AvgIpc) is 3.16. The lowest BCUT2D eigenvalue weighted by Crippen LogP contribution is -2.62. The van der Waals surface area contributed by atoms with E-state index in [1.165, 1.54) is 0 Å². The molecule has 9 heteroatoms. The van der Waals surface area contributed by atoms with Crippen LogP contribution in [-0.4, -0.2) is 82.2 Å². The summed E-state index contributed by atoms with van der Waals surface area (Å²) in [4.78, 5) is 37.9. The zero-order chi connectivity index (χ0) is 21.7. The fraction of sp³-hybridized carbons (Fsp3) is 0.524. The van der Waals surface area contributed by atoms with E-state index < -0.39 is 0 Å². The highest BCUT2D eigenvalue weighted by molar-refractivity contribution is 6.05. The predicted octanol–water partition coefficient (Wildman–Crippen LogP) is 1.25. The van der Waals surface area contributed by atoms with Crippen molar-refractivity contribution in [1.29, 1.82) is 0 Å². The van der Waals surface area contributed by atoms with E-state index in [9.17, 15) is 9.59 Å². The van der Waals surface area contributed by atoms with Gasteiger partial charge < -0.3 is 15.3 Å². The number of fused-ring (bicyclic) bond motifs is 4. The van der Waals surface area contributed by atoms with E-state index in [0.717, 1.165) is 48.8 Å². The molecule has 2 bridgehead atoms. The summed E-state index contributed by atoms with van der Waals surface area (Å²) in [6, 6.07) is 6.45. The number of piperidine rings is 2. The minimum atomic E-state index is -0.250. The fourth-order valence-corrected chi connectivity index (χ4v) is 4.27. The quantitative estimate of drug-likeness (QED) is 0.633. The number of amides is 2. The number of rotatable bonds is 5. The Morgan fingerprint density at radius 1 is 1.30 bits per heavy atom. The Labute approximate surface area is 175 Å². The molecule has 1 aromatic heterocycles. The molecular formula is C21H29N5O4. The van der Waals surface area contributed by atoms with E-state index >= 15 is 0 Å². The number of hydrogen-bond acceptors (Lipinski definition) is 5. The van der Waals surface area contributed by atoms with Crippen LogP contribution in [0, 0.1) is 0 Å². The maximum Gasteiger partial charge on any atom is 0.290 e. The lowest BCUT2D eigenvalue weighted by atomic mass is 9.91. The van der Waals surface area contributed by atoms with Gasteiger partial charge in [-0.05, 0) is 44.0 Å². The van der Waals surface area contributed by atoms with Gasteiger partial charge in [-0.2, -0.15) is 5.10 Å². The summed E-state index contributed by atoms with van der Waals surface area (Å²) in [7, 11) is 2.14. The minimum Gasteiger partial charge on any atom is -0.483 e. The van der Waals surface area contributed by atoms with Gasteiger partial charge in [-0.25, -0.2) is 0 Å². The lowest BCUT2D eigenvalue weighted by Gasteiger charge is -2.50. The molecule has 1 aromatic carbocycles. The number of carbonyl (C=O) groups excluding carboxylic acids is 2. The molecule has 2 amide bonds. The molecule has 0 radical (unpaired) electrons. The normalized spacial score (nSPS) is 20.5. The highest BCUT2D eigenvalue weighted by Crippen LogP contribution is 2.30. The van der Waals surface area contributed by atoms with Gasteiger partial charge >= 0.3 is 0 Å². The molecule has 3 saturated heterocycles. The third-order valence-corrected chi connectivity index (χ3v) is 5.83. The molecular weight excluding hydrogens is 386 g/mol. The fourth-order valence-electron chi connectivity index (χ4n) is 4.27. The largest absolute Gasteiger partial charge is 0.483 e. The Morgan fingerprint density at radius 3 is 2.67 bits per heavy atom. The summed E-state index contributed by atoms with van der Waals surface area (Å²) in [5.74, 6) is 0.000540. The first-order chi connectivity index (χ1) is 14.5. The number of carboxylic acid groups (broad SMARTS) is 1. The number of aromatic nitrogens is 2. The summed E-state index contributed by atoms with van der Waals surface area (Å²) in [5.41, 5.74) is 2.19. The van der Waals surface area contributed by atoms with E-state index in [2.05, 4.69) is 27.5 Å². The van der Waals surface area contributed by atoms with Crippen molar-refractivity contribution in [2.24, 2.45) is 0 Å². The Hall–Kier alpha value is -2.94. The molecule has 2 aromatic rings. The van der Waals surface area contributed by atoms with E-state index in [0.29, 0.717) is 24.7 Å². The first-order valence-electron chi connectivity index (χ1n) is 10.3. The van der Waals surface area contributed by atoms with E-state index in [4.69, 9.17) is 9.90 Å². The molecule has 0 saturated carbocycles. The SMILES string of the molecule is CCCNC(=O)Cc1ccc2[nH]nc(C(=O)N3CC4CCC3CN4C)c2c1.O=CO. The van der Waals surface area contributed by atoms with Crippen LogP contribution in [0.4, 0.5) is 0 Å². The summed E-state index contributed by atoms with van der Waals surface area (Å²) in [6.07, 6.45) is 3.45. The van der Waals surface area contributed by atoms with Gasteiger partial charge in [0.1, 0.15) is 0 Å². The molecule has 2 unspecified atom stereocenters. The summed E-state index contributed by atoms with van der Waals surface area (Å²) < 4.78 is 0. The van der Waals surface area contributed by atoms with Crippen LogP contribution in [-0.2, 0) is 16.0 Å². The molecule has 3 fully saturated rings. The third-order valence-electron chi connectivity index (χ3n) is 5.83. The number of piperazine rings is 1. The Morgan fingerprint density at radius 2 is 2.03 bits per heavy atom. The molecule has 0 spiro atoms. The van der Waals surface area contributed by atoms with Crippen molar-refractivity contribution in [2.45, 2.75) is 44.7 Å². The van der Waals surface area contributed by atoms with Crippen LogP contribution in [0.5, 0.6) is 0 Å². The van der Waals surface area contributed by atoms with Crippen molar-refractivity contribution in [3.8, 4) is 0 Å². The second-order valence-electron chi connectivity index (χ2n) is 7.87. The van der Waals surface area contributed by atoms with Gasteiger partial charge in [-0.1, -0.05) is 13.0 Å². The van der Waals surface area contributed by atoms with Crippen LogP contribution in [0.25, 0.3) is 10.9 Å². The van der Waals surface area contributed by atoms with Crippen LogP contribution in [0.3, 0.4) is 0 Å². The molecule has 0 aliphatic carbocycles. The van der Waals surface area contributed by atoms with Crippen molar-refractivity contribution in [2.75, 3.05) is 26.7 Å². The molecule has 3 N–H and O–H groups in total. The lowest BCUT2D eigenvalue weighted by molar-refractivity contribution is -0.123. The Bertz CT molecular complexity index is 912. The number of hydrogen-bond donors (Lipinski definition) is 3. The molecule has 4 heterocycles. The van der Waals surface area contributed by atoms with Crippen LogP contribution < -0.4 is 5.32 Å². The molecule has 3 aliphatic heterocycles. The number of nitrogens with one attached hydrogen (secondary N) is 2. The van der Waals surface area contributed by atoms with Crippen molar-refractivity contribution in [3.63, 3.8) is 0 Å². The van der Waals surface area contributed by atoms with Gasteiger partial charge in [0.2, 0.25) is 5.91 Å². The van der Waals surface area contributed by atoms with Crippen LogP contribution in [0.1, 0.15) is 42.2 Å². The molecule has 3 aliphatic rings. The second-order valence-corrected chi connectivity index (χ2v) is 7.87. The Kier molecular flexibility index (Phi) is 7.04. The first kappa shape index (κ1) is 21.8. The van der Waals surface area contributed by atoms with Gasteiger partial charge in [-0.15, -0.1) is 0 Å². The average molecular weight is 415 g/mol. The van der Waals surface area contributed by atoms with Gasteiger partial charge in [0, 0.05) is 37.1 Å². The maximum absolute atomic E-state index is 13.2. The number of carbonyl (C=O) groups is 3. The number of benzene rings is 1. The summed E-state index contributed by atoms with van der Waals surface area (Å²) in [5, 5.41) is 17.9. The standard InChI is InChI=1S/C20H27N5O2.CH2O2/c1-3-8-21-18(26)10-13-4-7-17-16(9-13)19(23-22-17)20(27)25-12-14-5-6-15(25)11-24(14)2;2-1-3/h4,7,9,14-15H,3,5-6,8,10-12H2,1-2H3,(H,21,26)(H,22,23);1H,(H,2,3). The number of likely N-dealkylation sites (N-methyl/N-ethyl adjacent to an activating group) is 1. The second kappa shape index (κ2) is 9.71. The van der Waals surface area contributed by atoms with Crippen molar-refractivity contribution in [3.05, 3.63) is 29.5 Å². The zero-order valence-corrected chi connectivity index (χ0v) is 17.4. The Balaban J connectivity index is 0.000000806. The van der Waals surface area contributed by atoms with Crippen LogP contribution in [0.15, 0.2) is 18.2 Å². The number of aromatic amines is 1. The van der Waals surface area contributed by atoms with Crippen molar-refractivity contribution < 1.29 is 19.5 Å². The zero-order valence-electron chi connectivity index (χ0n) is 17.4. The number of H-pyrrole nitrogens is 1. The van der Waals surface area contributed by atoms with Crippen LogP contribution >= 0.6 is 0 Å². The van der Waals surface area contributed by atoms with Gasteiger partial charge in [-0.3, -0.25) is 24.4 Å². The van der Waals surface area contributed by atoms with Crippen LogP contribution in [0.2, 0.25) is 0 Å². The number of nitrogens with zero attached hydrogens (tertiary/aromatic N) is 3. The topological polar surface area (TPSA) is 119 Å². The molecule has 9 nitrogen and oxygen atoms in total. The van der Waals surface area contributed by atoms with E-state index in [-0.39, 0.29) is 24.3 Å². The van der Waals surface area contributed by atoms with E-state index in [1.807, 2.05) is 30.0 Å². The highest BCUT2D eigenvalue weighted by Gasteiger charge is 2.40. The van der Waals surface area contributed by atoms with Gasteiger partial charge in [0.15, 0.2) is 5.69 Å². The first-order valence-corrected chi connectivity index (χ1v) is 10.3. The van der Waals surface area contributed by atoms with Gasteiger partial charge in [0.25, 0.3) is 12.4 Å². The van der Waals surface area contributed by atoms with Crippen molar-refractivity contribution >= 4 is 29.2 Å². The minimum absolute atomic E-state index is 0.00312. The molecule has 30 heavy (non-hydrogen) atoms.